The monoisotopic (exact) mass is 246 g/mol. The molecule has 1 unspecified atom stereocenters. The van der Waals surface area contributed by atoms with E-state index in [1.807, 2.05) is 31.6 Å². The minimum absolute atomic E-state index is 0.525. The van der Waals surface area contributed by atoms with E-state index in [0.717, 1.165) is 37.7 Å². The maximum Gasteiger partial charge on any atom is 0.191 e. The number of rotatable bonds is 4. The standard InChI is InChI=1S/C13H18N4O/c1-11-14-9-13(18-11)4-8-16-7-3-12(10-16)17-6-2-5-15-17/h2,5-6,9,12H,3-4,7-8,10H2,1H3. The summed E-state index contributed by atoms with van der Waals surface area (Å²) >= 11 is 0. The van der Waals surface area contributed by atoms with Crippen LogP contribution in [0.4, 0.5) is 0 Å². The Morgan fingerprint density at radius 1 is 1.50 bits per heavy atom. The van der Waals surface area contributed by atoms with Crippen molar-refractivity contribution in [2.45, 2.75) is 25.8 Å². The van der Waals surface area contributed by atoms with Gasteiger partial charge in [-0.1, -0.05) is 0 Å². The van der Waals surface area contributed by atoms with Gasteiger partial charge in [0.1, 0.15) is 5.76 Å². The lowest BCUT2D eigenvalue weighted by atomic mass is 10.3. The summed E-state index contributed by atoms with van der Waals surface area (Å²) < 4.78 is 7.56. The Balaban J connectivity index is 1.51. The van der Waals surface area contributed by atoms with Crippen LogP contribution in [0.25, 0.3) is 0 Å². The molecule has 3 heterocycles. The number of oxazole rings is 1. The van der Waals surface area contributed by atoms with Gasteiger partial charge in [0.15, 0.2) is 5.89 Å². The predicted octanol–water partition coefficient (Wildman–Crippen LogP) is 1.67. The number of aromatic nitrogens is 3. The van der Waals surface area contributed by atoms with Gasteiger partial charge in [-0.25, -0.2) is 4.98 Å². The Hall–Kier alpha value is -1.62. The number of likely N-dealkylation sites (tertiary alicyclic amines) is 1. The first kappa shape index (κ1) is 11.5. The lowest BCUT2D eigenvalue weighted by Crippen LogP contribution is -2.24. The summed E-state index contributed by atoms with van der Waals surface area (Å²) in [6.07, 6.45) is 7.84. The quantitative estimate of drug-likeness (QED) is 0.823. The molecule has 0 spiro atoms. The van der Waals surface area contributed by atoms with Gasteiger partial charge in [-0.15, -0.1) is 0 Å². The van der Waals surface area contributed by atoms with E-state index in [0.29, 0.717) is 6.04 Å². The zero-order chi connectivity index (χ0) is 12.4. The van der Waals surface area contributed by atoms with Gasteiger partial charge in [0.2, 0.25) is 0 Å². The molecule has 1 fully saturated rings. The molecule has 0 radical (unpaired) electrons. The van der Waals surface area contributed by atoms with Gasteiger partial charge in [-0.2, -0.15) is 5.10 Å². The summed E-state index contributed by atoms with van der Waals surface area (Å²) in [4.78, 5) is 6.58. The van der Waals surface area contributed by atoms with Crippen LogP contribution < -0.4 is 0 Å². The molecule has 1 atom stereocenters. The molecule has 2 aromatic rings. The van der Waals surface area contributed by atoms with Crippen LogP contribution in [-0.4, -0.2) is 39.3 Å². The van der Waals surface area contributed by atoms with Gasteiger partial charge < -0.3 is 9.32 Å². The second-order valence-corrected chi connectivity index (χ2v) is 4.82. The largest absolute Gasteiger partial charge is 0.446 e. The number of hydrogen-bond donors (Lipinski definition) is 0. The fraction of sp³-hybridized carbons (Fsp3) is 0.538. The molecule has 2 aromatic heterocycles. The van der Waals surface area contributed by atoms with E-state index in [-0.39, 0.29) is 0 Å². The van der Waals surface area contributed by atoms with Crippen molar-refractivity contribution >= 4 is 0 Å². The SMILES string of the molecule is Cc1ncc(CCN2CCC(n3cccn3)C2)o1. The van der Waals surface area contributed by atoms with Crippen LogP contribution in [0.2, 0.25) is 0 Å². The highest BCUT2D eigenvalue weighted by Crippen LogP contribution is 2.20. The van der Waals surface area contributed by atoms with E-state index in [1.54, 1.807) is 0 Å². The van der Waals surface area contributed by atoms with Gasteiger partial charge in [0.25, 0.3) is 0 Å². The molecule has 0 bridgehead atoms. The van der Waals surface area contributed by atoms with Crippen molar-refractivity contribution in [3.63, 3.8) is 0 Å². The maximum atomic E-state index is 5.49. The first-order valence-electron chi connectivity index (χ1n) is 6.44. The highest BCUT2D eigenvalue weighted by molar-refractivity contribution is 4.94. The van der Waals surface area contributed by atoms with E-state index in [4.69, 9.17) is 4.42 Å². The van der Waals surface area contributed by atoms with Crippen molar-refractivity contribution in [2.24, 2.45) is 0 Å². The molecule has 0 N–H and O–H groups in total. The summed E-state index contributed by atoms with van der Waals surface area (Å²) in [5.74, 6) is 1.73. The molecule has 5 nitrogen and oxygen atoms in total. The molecule has 0 saturated carbocycles. The molecular formula is C13H18N4O. The summed E-state index contributed by atoms with van der Waals surface area (Å²) in [6.45, 7) is 5.13. The second kappa shape index (κ2) is 4.94. The molecule has 3 rings (SSSR count). The normalized spacial score (nSPS) is 20.6. The first-order valence-corrected chi connectivity index (χ1v) is 6.44. The first-order chi connectivity index (χ1) is 8.81. The Kier molecular flexibility index (Phi) is 3.15. The number of aryl methyl sites for hydroxylation is 1. The summed E-state index contributed by atoms with van der Waals surface area (Å²) in [5.41, 5.74) is 0. The van der Waals surface area contributed by atoms with Gasteiger partial charge >= 0.3 is 0 Å². The molecular weight excluding hydrogens is 228 g/mol. The third kappa shape index (κ3) is 2.46. The summed E-state index contributed by atoms with van der Waals surface area (Å²) in [7, 11) is 0. The Morgan fingerprint density at radius 3 is 3.17 bits per heavy atom. The predicted molar refractivity (Wildman–Crippen MR) is 67.3 cm³/mol. The van der Waals surface area contributed by atoms with Crippen molar-refractivity contribution in [1.29, 1.82) is 0 Å². The van der Waals surface area contributed by atoms with Crippen molar-refractivity contribution in [3.8, 4) is 0 Å². The van der Waals surface area contributed by atoms with Crippen LogP contribution in [-0.2, 0) is 6.42 Å². The molecule has 0 aliphatic carbocycles. The third-order valence-corrected chi connectivity index (χ3v) is 3.49. The maximum absolute atomic E-state index is 5.49. The van der Waals surface area contributed by atoms with Crippen molar-refractivity contribution < 1.29 is 4.42 Å². The van der Waals surface area contributed by atoms with Crippen LogP contribution in [0.3, 0.4) is 0 Å². The Morgan fingerprint density at radius 2 is 2.44 bits per heavy atom. The van der Waals surface area contributed by atoms with E-state index in [1.165, 1.54) is 6.42 Å². The molecule has 18 heavy (non-hydrogen) atoms. The Labute approximate surface area is 106 Å². The minimum Gasteiger partial charge on any atom is -0.446 e. The highest BCUT2D eigenvalue weighted by Gasteiger charge is 2.23. The lowest BCUT2D eigenvalue weighted by Gasteiger charge is -2.15. The molecule has 1 saturated heterocycles. The average molecular weight is 246 g/mol. The number of hydrogen-bond acceptors (Lipinski definition) is 4. The molecule has 1 aliphatic heterocycles. The fourth-order valence-electron chi connectivity index (χ4n) is 2.52. The van der Waals surface area contributed by atoms with E-state index >= 15 is 0 Å². The minimum atomic E-state index is 0.525. The lowest BCUT2D eigenvalue weighted by molar-refractivity contribution is 0.312. The third-order valence-electron chi connectivity index (χ3n) is 3.49. The van der Waals surface area contributed by atoms with Crippen molar-refractivity contribution in [1.82, 2.24) is 19.7 Å². The second-order valence-electron chi connectivity index (χ2n) is 4.82. The van der Waals surface area contributed by atoms with Crippen molar-refractivity contribution in [2.75, 3.05) is 19.6 Å². The number of nitrogens with zero attached hydrogens (tertiary/aromatic N) is 4. The van der Waals surface area contributed by atoms with Gasteiger partial charge in [0.05, 0.1) is 12.2 Å². The van der Waals surface area contributed by atoms with E-state index < -0.39 is 0 Å². The van der Waals surface area contributed by atoms with E-state index in [2.05, 4.69) is 19.7 Å². The van der Waals surface area contributed by atoms with Crippen LogP contribution in [0.5, 0.6) is 0 Å². The van der Waals surface area contributed by atoms with Crippen LogP contribution in [0.1, 0.15) is 24.1 Å². The van der Waals surface area contributed by atoms with E-state index in [9.17, 15) is 0 Å². The average Bonchev–Trinajstić information content (AvgIpc) is 3.07. The molecule has 1 aliphatic rings. The molecule has 0 aromatic carbocycles. The van der Waals surface area contributed by atoms with Gasteiger partial charge in [-0.3, -0.25) is 4.68 Å². The topological polar surface area (TPSA) is 47.1 Å². The molecule has 5 heteroatoms. The van der Waals surface area contributed by atoms with Gasteiger partial charge in [-0.05, 0) is 12.5 Å². The van der Waals surface area contributed by atoms with Crippen molar-refractivity contribution in [3.05, 3.63) is 36.3 Å². The molecule has 0 amide bonds. The highest BCUT2D eigenvalue weighted by atomic mass is 16.3. The van der Waals surface area contributed by atoms with Crippen LogP contribution >= 0.6 is 0 Å². The van der Waals surface area contributed by atoms with Crippen LogP contribution in [0.15, 0.2) is 29.1 Å². The summed E-state index contributed by atoms with van der Waals surface area (Å²) in [5, 5.41) is 4.32. The summed E-state index contributed by atoms with van der Waals surface area (Å²) in [6, 6.07) is 2.51. The molecule has 96 valence electrons. The van der Waals surface area contributed by atoms with Gasteiger partial charge in [0, 0.05) is 45.4 Å². The van der Waals surface area contributed by atoms with Crippen LogP contribution in [0, 0.1) is 6.92 Å². The fourth-order valence-corrected chi connectivity index (χ4v) is 2.52. The smallest absolute Gasteiger partial charge is 0.191 e. The Bertz CT molecular complexity index is 491. The zero-order valence-electron chi connectivity index (χ0n) is 10.6. The zero-order valence-corrected chi connectivity index (χ0v) is 10.6.